The second-order valence-electron chi connectivity index (χ2n) is 5.05. The molecular weight excluding hydrogens is 207 g/mol. The molecule has 2 fully saturated rings. The molecule has 88 valence electrons. The van der Waals surface area contributed by atoms with E-state index >= 15 is 0 Å². The maximum atomic E-state index is 12.0. The number of hydrogen-bond donors (Lipinski definition) is 1. The van der Waals surface area contributed by atoms with Gasteiger partial charge in [0, 0.05) is 19.7 Å². The molecule has 1 saturated heterocycles. The predicted molar refractivity (Wildman–Crippen MR) is 49.4 cm³/mol. The highest BCUT2D eigenvalue weighted by atomic mass is 19.4. The quantitative estimate of drug-likeness (QED) is 0.786. The normalized spacial score (nSPS) is 26.4. The van der Waals surface area contributed by atoms with Crippen LogP contribution in [0.4, 0.5) is 13.2 Å². The summed E-state index contributed by atoms with van der Waals surface area (Å²) in [5, 5.41) is 8.71. The van der Waals surface area contributed by atoms with E-state index in [9.17, 15) is 13.2 Å². The van der Waals surface area contributed by atoms with Gasteiger partial charge in [-0.25, -0.2) is 0 Å². The molecule has 1 aliphatic heterocycles. The van der Waals surface area contributed by atoms with Gasteiger partial charge in [0.05, 0.1) is 6.54 Å². The molecule has 0 atom stereocenters. The average Bonchev–Trinajstić information content (AvgIpc) is 1.94. The first-order chi connectivity index (χ1) is 6.92. The van der Waals surface area contributed by atoms with Gasteiger partial charge >= 0.3 is 6.18 Å². The van der Waals surface area contributed by atoms with Crippen LogP contribution in [0.5, 0.6) is 0 Å². The third-order valence-corrected chi connectivity index (χ3v) is 3.50. The van der Waals surface area contributed by atoms with Crippen molar-refractivity contribution in [1.82, 2.24) is 4.90 Å². The third-order valence-electron chi connectivity index (χ3n) is 3.50. The highest BCUT2D eigenvalue weighted by molar-refractivity contribution is 5.04. The lowest BCUT2D eigenvalue weighted by Crippen LogP contribution is -2.63. The molecule has 1 heterocycles. The fourth-order valence-electron chi connectivity index (χ4n) is 3.08. The lowest BCUT2D eigenvalue weighted by atomic mass is 9.57. The topological polar surface area (TPSA) is 23.5 Å². The van der Waals surface area contributed by atoms with Crippen molar-refractivity contribution in [2.45, 2.75) is 25.4 Å². The minimum atomic E-state index is -4.06. The lowest BCUT2D eigenvalue weighted by Gasteiger charge is -2.59. The van der Waals surface area contributed by atoms with E-state index in [0.717, 1.165) is 19.3 Å². The Bertz CT molecular complexity index is 227. The van der Waals surface area contributed by atoms with Gasteiger partial charge in [-0.05, 0) is 30.6 Å². The smallest absolute Gasteiger partial charge is 0.396 e. The fourth-order valence-corrected chi connectivity index (χ4v) is 3.08. The number of halogens is 3. The van der Waals surface area contributed by atoms with E-state index in [0.29, 0.717) is 19.0 Å². The van der Waals surface area contributed by atoms with E-state index in [4.69, 9.17) is 5.11 Å². The summed E-state index contributed by atoms with van der Waals surface area (Å²) in [6, 6.07) is 0. The predicted octanol–water partition coefficient (Wildman–Crippen LogP) is 1.64. The summed E-state index contributed by atoms with van der Waals surface area (Å²) >= 11 is 0. The molecule has 1 spiro atoms. The van der Waals surface area contributed by atoms with Crippen LogP contribution in [0.3, 0.4) is 0 Å². The van der Waals surface area contributed by atoms with Crippen molar-refractivity contribution in [3.8, 4) is 0 Å². The number of likely N-dealkylation sites (tertiary alicyclic amines) is 1. The van der Waals surface area contributed by atoms with Gasteiger partial charge in [-0.3, -0.25) is 4.90 Å². The molecular formula is C10H16F3NO. The van der Waals surface area contributed by atoms with Crippen molar-refractivity contribution >= 4 is 0 Å². The molecule has 1 saturated carbocycles. The van der Waals surface area contributed by atoms with Crippen LogP contribution in [0.2, 0.25) is 0 Å². The average molecular weight is 223 g/mol. The maximum Gasteiger partial charge on any atom is 0.401 e. The molecule has 0 aromatic heterocycles. The summed E-state index contributed by atoms with van der Waals surface area (Å²) in [4.78, 5) is 1.47. The second-order valence-corrected chi connectivity index (χ2v) is 5.05. The number of nitrogens with zero attached hydrogens (tertiary/aromatic N) is 1. The first kappa shape index (κ1) is 11.2. The van der Waals surface area contributed by atoms with Gasteiger partial charge in [0.15, 0.2) is 0 Å². The van der Waals surface area contributed by atoms with Gasteiger partial charge in [0.2, 0.25) is 0 Å². The molecule has 0 amide bonds. The molecule has 0 bridgehead atoms. The summed E-state index contributed by atoms with van der Waals surface area (Å²) in [6.45, 7) is 0.620. The van der Waals surface area contributed by atoms with Gasteiger partial charge in [-0.1, -0.05) is 0 Å². The van der Waals surface area contributed by atoms with Crippen molar-refractivity contribution in [2.75, 3.05) is 26.2 Å². The Kier molecular flexibility index (Phi) is 2.71. The molecule has 1 aliphatic carbocycles. The van der Waals surface area contributed by atoms with Gasteiger partial charge in [0.25, 0.3) is 0 Å². The summed E-state index contributed by atoms with van der Waals surface area (Å²) in [5.41, 5.74) is 0.172. The van der Waals surface area contributed by atoms with Crippen LogP contribution < -0.4 is 0 Å². The van der Waals surface area contributed by atoms with E-state index in [-0.39, 0.29) is 12.0 Å². The maximum absolute atomic E-state index is 12.0. The Morgan fingerprint density at radius 2 is 1.87 bits per heavy atom. The van der Waals surface area contributed by atoms with Gasteiger partial charge in [-0.2, -0.15) is 13.2 Å². The van der Waals surface area contributed by atoms with Crippen molar-refractivity contribution in [3.63, 3.8) is 0 Å². The van der Waals surface area contributed by atoms with E-state index < -0.39 is 12.7 Å². The zero-order valence-electron chi connectivity index (χ0n) is 8.56. The van der Waals surface area contributed by atoms with Crippen molar-refractivity contribution < 1.29 is 18.3 Å². The molecule has 0 unspecified atom stereocenters. The number of hydrogen-bond acceptors (Lipinski definition) is 2. The SMILES string of the molecule is OCCC1CC2(C1)CN(CC(F)(F)F)C2. The summed E-state index contributed by atoms with van der Waals surface area (Å²) in [6.07, 6.45) is -1.25. The van der Waals surface area contributed by atoms with Crippen molar-refractivity contribution in [1.29, 1.82) is 0 Å². The highest BCUT2D eigenvalue weighted by Crippen LogP contribution is 2.53. The summed E-state index contributed by atoms with van der Waals surface area (Å²) in [5.74, 6) is 0.544. The van der Waals surface area contributed by atoms with Crippen LogP contribution >= 0.6 is 0 Å². The molecule has 0 aromatic carbocycles. The second kappa shape index (κ2) is 3.63. The molecule has 5 heteroatoms. The Balaban J connectivity index is 1.67. The number of aliphatic hydroxyl groups is 1. The molecule has 15 heavy (non-hydrogen) atoms. The number of aliphatic hydroxyl groups excluding tert-OH is 1. The highest BCUT2D eigenvalue weighted by Gasteiger charge is 2.53. The van der Waals surface area contributed by atoms with E-state index in [1.165, 1.54) is 4.90 Å². The first-order valence-electron chi connectivity index (χ1n) is 5.32. The van der Waals surface area contributed by atoms with Crippen LogP contribution in [0.25, 0.3) is 0 Å². The summed E-state index contributed by atoms with van der Waals surface area (Å²) in [7, 11) is 0. The van der Waals surface area contributed by atoms with Crippen LogP contribution in [0.15, 0.2) is 0 Å². The van der Waals surface area contributed by atoms with Gasteiger partial charge < -0.3 is 5.11 Å². The monoisotopic (exact) mass is 223 g/mol. The minimum absolute atomic E-state index is 0.172. The molecule has 2 rings (SSSR count). The molecule has 2 nitrogen and oxygen atoms in total. The zero-order valence-corrected chi connectivity index (χ0v) is 8.56. The van der Waals surface area contributed by atoms with Crippen molar-refractivity contribution in [2.24, 2.45) is 11.3 Å². The van der Waals surface area contributed by atoms with Crippen LogP contribution in [0.1, 0.15) is 19.3 Å². The van der Waals surface area contributed by atoms with Gasteiger partial charge in [0.1, 0.15) is 0 Å². The van der Waals surface area contributed by atoms with Crippen LogP contribution in [-0.4, -0.2) is 42.4 Å². The Morgan fingerprint density at radius 1 is 1.27 bits per heavy atom. The van der Waals surface area contributed by atoms with Crippen LogP contribution in [0, 0.1) is 11.3 Å². The fraction of sp³-hybridized carbons (Fsp3) is 1.00. The van der Waals surface area contributed by atoms with E-state index in [1.807, 2.05) is 0 Å². The van der Waals surface area contributed by atoms with Crippen molar-refractivity contribution in [3.05, 3.63) is 0 Å². The molecule has 0 aromatic rings. The first-order valence-corrected chi connectivity index (χ1v) is 5.32. The minimum Gasteiger partial charge on any atom is -0.396 e. The summed E-state index contributed by atoms with van der Waals surface area (Å²) < 4.78 is 36.1. The molecule has 1 N–H and O–H groups in total. The Labute approximate surface area is 87.1 Å². The molecule has 2 aliphatic rings. The van der Waals surface area contributed by atoms with E-state index in [2.05, 4.69) is 0 Å². The van der Waals surface area contributed by atoms with Gasteiger partial charge in [-0.15, -0.1) is 0 Å². The third kappa shape index (κ3) is 2.45. The van der Waals surface area contributed by atoms with E-state index in [1.54, 1.807) is 0 Å². The number of rotatable bonds is 3. The Morgan fingerprint density at radius 3 is 2.33 bits per heavy atom. The van der Waals surface area contributed by atoms with Crippen LogP contribution in [-0.2, 0) is 0 Å². The lowest BCUT2D eigenvalue weighted by molar-refractivity contribution is -0.186. The standard InChI is InChI=1S/C10H16F3NO/c11-10(12,13)7-14-5-9(6-14)3-8(4-9)1-2-15/h8,15H,1-7H2. The zero-order chi connectivity index (χ0) is 11.1. The molecule has 0 radical (unpaired) electrons. The Hall–Kier alpha value is -0.290. The largest absolute Gasteiger partial charge is 0.401 e. The number of alkyl halides is 3.